The molecule has 0 aliphatic carbocycles. The fourth-order valence-electron chi connectivity index (χ4n) is 2.86. The van der Waals surface area contributed by atoms with Crippen molar-refractivity contribution in [2.75, 3.05) is 25.6 Å². The van der Waals surface area contributed by atoms with E-state index in [1.54, 1.807) is 49.2 Å². The number of amides is 2. The molecule has 5 nitrogen and oxygen atoms in total. The van der Waals surface area contributed by atoms with Crippen LogP contribution in [-0.4, -0.2) is 32.1 Å². The van der Waals surface area contributed by atoms with E-state index in [1.807, 2.05) is 36.4 Å². The van der Waals surface area contributed by atoms with Gasteiger partial charge in [-0.1, -0.05) is 54.6 Å². The van der Waals surface area contributed by atoms with Gasteiger partial charge in [0.25, 0.3) is 11.8 Å². The zero-order chi connectivity index (χ0) is 21.2. The van der Waals surface area contributed by atoms with E-state index in [4.69, 9.17) is 4.74 Å². The number of thioether (sulfide) groups is 1. The molecule has 0 spiro atoms. The maximum absolute atomic E-state index is 13.0. The summed E-state index contributed by atoms with van der Waals surface area (Å²) in [6.07, 6.45) is 0. The molecule has 3 rings (SSSR count). The number of nitrogens with one attached hydrogen (secondary N) is 2. The van der Waals surface area contributed by atoms with Crippen LogP contribution < -0.4 is 10.6 Å². The Morgan fingerprint density at radius 2 is 1.50 bits per heavy atom. The molecule has 0 heterocycles. The van der Waals surface area contributed by atoms with E-state index in [2.05, 4.69) is 22.8 Å². The second-order valence-electron chi connectivity index (χ2n) is 6.52. The molecule has 2 amide bonds. The molecule has 30 heavy (non-hydrogen) atoms. The third kappa shape index (κ3) is 5.95. The van der Waals surface area contributed by atoms with Gasteiger partial charge in [0.05, 0.1) is 23.4 Å². The van der Waals surface area contributed by atoms with Crippen molar-refractivity contribution >= 4 is 29.3 Å². The topological polar surface area (TPSA) is 67.4 Å². The molecule has 154 valence electrons. The summed E-state index contributed by atoms with van der Waals surface area (Å²) in [5.41, 5.74) is 2.65. The van der Waals surface area contributed by atoms with E-state index in [0.29, 0.717) is 30.0 Å². The average Bonchev–Trinajstić information content (AvgIpc) is 2.79. The fourth-order valence-corrected chi connectivity index (χ4v) is 3.86. The molecule has 0 aromatic heterocycles. The maximum atomic E-state index is 13.0. The largest absolute Gasteiger partial charge is 0.383 e. The van der Waals surface area contributed by atoms with Gasteiger partial charge in [-0.3, -0.25) is 9.59 Å². The van der Waals surface area contributed by atoms with E-state index < -0.39 is 0 Å². The Morgan fingerprint density at radius 3 is 2.27 bits per heavy atom. The van der Waals surface area contributed by atoms with E-state index in [0.717, 1.165) is 10.6 Å². The van der Waals surface area contributed by atoms with Crippen LogP contribution in [0, 0.1) is 0 Å². The number of methoxy groups -OCH3 is 1. The minimum absolute atomic E-state index is 0.247. The van der Waals surface area contributed by atoms with E-state index in [-0.39, 0.29) is 11.8 Å². The van der Waals surface area contributed by atoms with Gasteiger partial charge < -0.3 is 15.4 Å². The number of hydrogen-bond acceptors (Lipinski definition) is 4. The molecule has 0 atom stereocenters. The van der Waals surface area contributed by atoms with Crippen LogP contribution in [0.4, 0.5) is 5.69 Å². The summed E-state index contributed by atoms with van der Waals surface area (Å²) in [6, 6.07) is 24.6. The number of para-hydroxylation sites is 1. The van der Waals surface area contributed by atoms with Crippen LogP contribution in [0.1, 0.15) is 26.3 Å². The molecule has 0 unspecified atom stereocenters. The molecule has 3 aromatic rings. The first-order valence-electron chi connectivity index (χ1n) is 9.62. The van der Waals surface area contributed by atoms with Gasteiger partial charge in [-0.2, -0.15) is 0 Å². The number of hydrogen-bond donors (Lipinski definition) is 2. The lowest BCUT2D eigenvalue weighted by Gasteiger charge is -2.13. The van der Waals surface area contributed by atoms with Crippen LogP contribution in [-0.2, 0) is 10.5 Å². The number of anilines is 1. The highest BCUT2D eigenvalue weighted by molar-refractivity contribution is 7.98. The highest BCUT2D eigenvalue weighted by Crippen LogP contribution is 2.27. The maximum Gasteiger partial charge on any atom is 0.256 e. The third-order valence-corrected chi connectivity index (χ3v) is 5.53. The van der Waals surface area contributed by atoms with Crippen molar-refractivity contribution in [3.63, 3.8) is 0 Å². The molecule has 0 fully saturated rings. The van der Waals surface area contributed by atoms with Gasteiger partial charge in [0.15, 0.2) is 0 Å². The van der Waals surface area contributed by atoms with Crippen LogP contribution in [0.3, 0.4) is 0 Å². The third-order valence-electron chi connectivity index (χ3n) is 4.38. The highest BCUT2D eigenvalue weighted by atomic mass is 32.2. The molecule has 0 aliphatic heterocycles. The Labute approximate surface area is 180 Å². The molecule has 6 heteroatoms. The molecular formula is C24H24N2O3S. The average molecular weight is 421 g/mol. The van der Waals surface area contributed by atoms with Crippen molar-refractivity contribution in [2.24, 2.45) is 0 Å². The summed E-state index contributed by atoms with van der Waals surface area (Å²) < 4.78 is 4.96. The van der Waals surface area contributed by atoms with Crippen LogP contribution in [0.2, 0.25) is 0 Å². The lowest BCUT2D eigenvalue weighted by Crippen LogP contribution is -2.28. The van der Waals surface area contributed by atoms with Crippen LogP contribution in [0.5, 0.6) is 0 Å². The van der Waals surface area contributed by atoms with E-state index >= 15 is 0 Å². The Hall–Kier alpha value is -3.09. The van der Waals surface area contributed by atoms with E-state index in [1.165, 1.54) is 5.56 Å². The zero-order valence-electron chi connectivity index (χ0n) is 16.8. The van der Waals surface area contributed by atoms with Gasteiger partial charge in [-0.15, -0.1) is 11.8 Å². The van der Waals surface area contributed by atoms with Crippen molar-refractivity contribution in [1.82, 2.24) is 5.32 Å². The van der Waals surface area contributed by atoms with Gasteiger partial charge in [0, 0.05) is 24.3 Å². The molecule has 0 bridgehead atoms. The molecule has 0 saturated heterocycles. The highest BCUT2D eigenvalue weighted by Gasteiger charge is 2.16. The second kappa shape index (κ2) is 11.2. The molecular weight excluding hydrogens is 396 g/mol. The van der Waals surface area contributed by atoms with Gasteiger partial charge in [0.1, 0.15) is 0 Å². The van der Waals surface area contributed by atoms with Gasteiger partial charge in [0.2, 0.25) is 0 Å². The van der Waals surface area contributed by atoms with Crippen molar-refractivity contribution in [2.45, 2.75) is 10.6 Å². The normalized spacial score (nSPS) is 10.4. The minimum atomic E-state index is -0.255. The first-order valence-corrected chi connectivity index (χ1v) is 10.6. The standard InChI is InChI=1S/C24H24N2O3S/c1-29-16-15-25-23(27)19-11-5-7-13-21(19)26-24(28)20-12-6-8-14-22(20)30-17-18-9-3-2-4-10-18/h2-14H,15-17H2,1H3,(H,25,27)(H,26,28). The number of ether oxygens (including phenoxy) is 1. The molecule has 0 saturated carbocycles. The molecule has 3 aromatic carbocycles. The van der Waals surface area contributed by atoms with Crippen molar-refractivity contribution in [3.8, 4) is 0 Å². The summed E-state index contributed by atoms with van der Waals surface area (Å²) in [4.78, 5) is 26.4. The quantitative estimate of drug-likeness (QED) is 0.392. The fraction of sp³-hybridized carbons (Fsp3) is 0.167. The van der Waals surface area contributed by atoms with Gasteiger partial charge in [-0.05, 0) is 29.8 Å². The summed E-state index contributed by atoms with van der Waals surface area (Å²) >= 11 is 1.61. The summed E-state index contributed by atoms with van der Waals surface area (Å²) in [5, 5.41) is 5.68. The number of rotatable bonds is 9. The first kappa shape index (κ1) is 21.6. The summed E-state index contributed by atoms with van der Waals surface area (Å²) in [6.45, 7) is 0.822. The van der Waals surface area contributed by atoms with Gasteiger partial charge >= 0.3 is 0 Å². The Morgan fingerprint density at radius 1 is 0.833 bits per heavy atom. The summed E-state index contributed by atoms with van der Waals surface area (Å²) in [5.74, 6) is 0.266. The predicted octanol–water partition coefficient (Wildman–Crippen LogP) is 4.61. The lowest BCUT2D eigenvalue weighted by atomic mass is 10.1. The molecule has 0 aliphatic rings. The van der Waals surface area contributed by atoms with Crippen molar-refractivity contribution < 1.29 is 14.3 Å². The smallest absolute Gasteiger partial charge is 0.256 e. The Kier molecular flexibility index (Phi) is 8.06. The number of carbonyl (C=O) groups excluding carboxylic acids is 2. The first-order chi connectivity index (χ1) is 14.7. The lowest BCUT2D eigenvalue weighted by molar-refractivity contribution is 0.0938. The Bertz CT molecular complexity index is 993. The van der Waals surface area contributed by atoms with Gasteiger partial charge in [-0.25, -0.2) is 0 Å². The molecule has 0 radical (unpaired) electrons. The van der Waals surface area contributed by atoms with E-state index in [9.17, 15) is 9.59 Å². The minimum Gasteiger partial charge on any atom is -0.383 e. The van der Waals surface area contributed by atoms with Crippen LogP contribution >= 0.6 is 11.8 Å². The number of benzene rings is 3. The zero-order valence-corrected chi connectivity index (χ0v) is 17.6. The second-order valence-corrected chi connectivity index (χ2v) is 7.54. The SMILES string of the molecule is COCCNC(=O)c1ccccc1NC(=O)c1ccccc1SCc1ccccc1. The number of carbonyl (C=O) groups is 2. The molecule has 2 N–H and O–H groups in total. The van der Waals surface area contributed by atoms with Crippen molar-refractivity contribution in [1.29, 1.82) is 0 Å². The monoisotopic (exact) mass is 420 g/mol. The van der Waals surface area contributed by atoms with Crippen LogP contribution in [0.25, 0.3) is 0 Å². The Balaban J connectivity index is 1.73. The predicted molar refractivity (Wildman–Crippen MR) is 121 cm³/mol. The summed E-state index contributed by atoms with van der Waals surface area (Å²) in [7, 11) is 1.58. The van der Waals surface area contributed by atoms with Crippen molar-refractivity contribution in [3.05, 3.63) is 95.6 Å². The van der Waals surface area contributed by atoms with Crippen LogP contribution in [0.15, 0.2) is 83.8 Å².